The largest absolute Gasteiger partial charge is 0.456 e. The maximum absolute atomic E-state index is 9.27. The number of para-hydroxylation sites is 1. The topological polar surface area (TPSA) is 13.1 Å². The molecule has 1 heteroatoms. The highest BCUT2D eigenvalue weighted by atomic mass is 16.3. The number of benzene rings is 7. The molecule has 1 heterocycles. The maximum atomic E-state index is 9.27. The van der Waals surface area contributed by atoms with Crippen molar-refractivity contribution in [1.29, 1.82) is 0 Å². The quantitative estimate of drug-likeness (QED) is 0.226. The van der Waals surface area contributed by atoms with Crippen molar-refractivity contribution in [1.82, 2.24) is 0 Å². The zero-order valence-electron chi connectivity index (χ0n) is 26.6. The minimum atomic E-state index is -0.482. The summed E-state index contributed by atoms with van der Waals surface area (Å²) >= 11 is 0. The van der Waals surface area contributed by atoms with Gasteiger partial charge in [0.25, 0.3) is 0 Å². The first-order chi connectivity index (χ1) is 21.3. The Labute approximate surface area is 224 Å². The van der Waals surface area contributed by atoms with E-state index < -0.39 is 18.1 Å². The SMILES string of the molecule is [2H]c1c([2H])c([2H])c2c([2H])c(-c3c4ccccc4c(-c4ccc5c(c4)oc4ccccc45)c4ccccc34)c([2H])c([2H])c2c1[2H]. The van der Waals surface area contributed by atoms with Crippen molar-refractivity contribution in [3.63, 3.8) is 0 Å². The van der Waals surface area contributed by atoms with Gasteiger partial charge in [-0.25, -0.2) is 0 Å². The summed E-state index contributed by atoms with van der Waals surface area (Å²) in [5.74, 6) is 0. The standard InChI is InChI=1S/C36H22O/c1-2-10-24-21-25(18-17-23(24)9-1)35-29-12-3-5-14-31(29)36(32-15-6-4-13-30(32)35)26-19-20-28-27-11-7-8-16-33(27)37-34(28)22-26/h1-22H/i1D,2D,9D,10D,17D,18D,21D. The van der Waals surface area contributed by atoms with E-state index in [0.29, 0.717) is 5.56 Å². The van der Waals surface area contributed by atoms with Gasteiger partial charge in [-0.2, -0.15) is 0 Å². The van der Waals surface area contributed by atoms with E-state index in [4.69, 9.17) is 12.6 Å². The van der Waals surface area contributed by atoms with Gasteiger partial charge in [0.2, 0.25) is 0 Å². The molecular weight excluding hydrogens is 448 g/mol. The van der Waals surface area contributed by atoms with Crippen molar-refractivity contribution in [3.8, 4) is 22.3 Å². The Morgan fingerprint density at radius 1 is 0.459 bits per heavy atom. The Bertz CT molecular complexity index is 2470. The second-order valence-corrected chi connectivity index (χ2v) is 9.15. The fourth-order valence-corrected chi connectivity index (χ4v) is 5.50. The molecule has 0 radical (unpaired) electrons. The minimum absolute atomic E-state index is 0.0559. The highest BCUT2D eigenvalue weighted by Gasteiger charge is 2.17. The monoisotopic (exact) mass is 477 g/mol. The minimum Gasteiger partial charge on any atom is -0.456 e. The molecule has 0 atom stereocenters. The zero-order valence-corrected chi connectivity index (χ0v) is 19.6. The van der Waals surface area contributed by atoms with Gasteiger partial charge in [0.15, 0.2) is 0 Å². The van der Waals surface area contributed by atoms with E-state index in [1.807, 2.05) is 78.9 Å². The lowest BCUT2D eigenvalue weighted by Crippen LogP contribution is -1.90. The van der Waals surface area contributed by atoms with Crippen LogP contribution < -0.4 is 0 Å². The summed E-state index contributed by atoms with van der Waals surface area (Å²) in [6.07, 6.45) is 0. The van der Waals surface area contributed by atoms with Gasteiger partial charge in [0.05, 0.1) is 9.60 Å². The molecule has 8 rings (SSSR count). The molecule has 0 aliphatic rings. The van der Waals surface area contributed by atoms with Crippen LogP contribution in [0.25, 0.3) is 76.5 Å². The van der Waals surface area contributed by atoms with E-state index in [2.05, 4.69) is 12.1 Å². The highest BCUT2D eigenvalue weighted by molar-refractivity contribution is 6.22. The summed E-state index contributed by atoms with van der Waals surface area (Å²) in [6.45, 7) is 0. The normalized spacial score (nSPS) is 14.4. The molecule has 0 unspecified atom stereocenters. The third-order valence-corrected chi connectivity index (χ3v) is 7.10. The fraction of sp³-hybridized carbons (Fsp3) is 0. The van der Waals surface area contributed by atoms with E-state index >= 15 is 0 Å². The molecule has 7 aromatic carbocycles. The summed E-state index contributed by atoms with van der Waals surface area (Å²) in [4.78, 5) is 0. The number of hydrogen-bond donors (Lipinski definition) is 0. The van der Waals surface area contributed by atoms with Crippen LogP contribution in [-0.2, 0) is 0 Å². The molecule has 1 nitrogen and oxygen atoms in total. The molecule has 172 valence electrons. The summed E-state index contributed by atoms with van der Waals surface area (Å²) in [5.41, 5.74) is 4.25. The van der Waals surface area contributed by atoms with Gasteiger partial charge >= 0.3 is 0 Å². The van der Waals surface area contributed by atoms with Crippen molar-refractivity contribution in [2.45, 2.75) is 0 Å². The Morgan fingerprint density at radius 3 is 1.73 bits per heavy atom. The van der Waals surface area contributed by atoms with Crippen molar-refractivity contribution in [3.05, 3.63) is 133 Å². The Kier molecular flexibility index (Phi) is 3.09. The predicted molar refractivity (Wildman–Crippen MR) is 157 cm³/mol. The van der Waals surface area contributed by atoms with Gasteiger partial charge < -0.3 is 4.42 Å². The van der Waals surface area contributed by atoms with Crippen LogP contribution in [0, 0.1) is 0 Å². The van der Waals surface area contributed by atoms with Gasteiger partial charge in [0.1, 0.15) is 11.2 Å². The molecule has 1 aromatic heterocycles. The summed E-state index contributed by atoms with van der Waals surface area (Å²) < 4.78 is 66.8. The molecule has 0 saturated carbocycles. The van der Waals surface area contributed by atoms with Gasteiger partial charge in [0, 0.05) is 10.8 Å². The molecule has 0 N–H and O–H groups in total. The van der Waals surface area contributed by atoms with E-state index in [1.54, 1.807) is 0 Å². The lowest BCUT2D eigenvalue weighted by atomic mass is 9.85. The van der Waals surface area contributed by atoms with E-state index in [-0.39, 0.29) is 40.5 Å². The molecular formula is C36H22O. The first-order valence-electron chi connectivity index (χ1n) is 15.6. The van der Waals surface area contributed by atoms with Gasteiger partial charge in [-0.3, -0.25) is 0 Å². The fourth-order valence-electron chi connectivity index (χ4n) is 5.50. The van der Waals surface area contributed by atoms with E-state index in [9.17, 15) is 1.37 Å². The van der Waals surface area contributed by atoms with Crippen LogP contribution in [-0.4, -0.2) is 0 Å². The van der Waals surface area contributed by atoms with Gasteiger partial charge in [-0.1, -0.05) is 109 Å². The van der Waals surface area contributed by atoms with Crippen LogP contribution in [0.3, 0.4) is 0 Å². The molecule has 0 amide bonds. The van der Waals surface area contributed by atoms with Crippen LogP contribution in [0.2, 0.25) is 0 Å². The maximum Gasteiger partial charge on any atom is 0.136 e. The number of hydrogen-bond acceptors (Lipinski definition) is 1. The molecule has 37 heavy (non-hydrogen) atoms. The average molecular weight is 478 g/mol. The summed E-state index contributed by atoms with van der Waals surface area (Å²) in [5, 5.41) is 5.22. The smallest absolute Gasteiger partial charge is 0.136 e. The summed E-state index contributed by atoms with van der Waals surface area (Å²) in [7, 11) is 0. The van der Waals surface area contributed by atoms with E-state index in [1.165, 1.54) is 0 Å². The molecule has 0 spiro atoms. The molecule has 0 saturated heterocycles. The van der Waals surface area contributed by atoms with Crippen molar-refractivity contribution >= 4 is 54.3 Å². The van der Waals surface area contributed by atoms with Gasteiger partial charge in [-0.05, 0) is 78.8 Å². The lowest BCUT2D eigenvalue weighted by molar-refractivity contribution is 0.669. The molecule has 0 bridgehead atoms. The molecule has 0 aliphatic carbocycles. The predicted octanol–water partition coefficient (Wildman–Crippen LogP) is 10.4. The van der Waals surface area contributed by atoms with Crippen LogP contribution in [0.4, 0.5) is 0 Å². The second-order valence-electron chi connectivity index (χ2n) is 9.15. The van der Waals surface area contributed by atoms with E-state index in [0.717, 1.165) is 54.6 Å². The highest BCUT2D eigenvalue weighted by Crippen LogP contribution is 2.45. The molecule has 8 aromatic rings. The first-order valence-corrected chi connectivity index (χ1v) is 12.1. The summed E-state index contributed by atoms with van der Waals surface area (Å²) in [6, 6.07) is 27.2. The third-order valence-electron chi connectivity index (χ3n) is 7.10. The van der Waals surface area contributed by atoms with Crippen LogP contribution in [0.1, 0.15) is 9.60 Å². The Morgan fingerprint density at radius 2 is 1.03 bits per heavy atom. The number of furan rings is 1. The number of rotatable bonds is 2. The molecule has 0 fully saturated rings. The van der Waals surface area contributed by atoms with Crippen molar-refractivity contribution < 1.29 is 14.0 Å². The van der Waals surface area contributed by atoms with Crippen LogP contribution in [0.5, 0.6) is 0 Å². The third kappa shape index (κ3) is 3.04. The Balaban J connectivity index is 1.52. The van der Waals surface area contributed by atoms with Crippen molar-refractivity contribution in [2.75, 3.05) is 0 Å². The van der Waals surface area contributed by atoms with Gasteiger partial charge in [-0.15, -0.1) is 0 Å². The van der Waals surface area contributed by atoms with Crippen LogP contribution >= 0.6 is 0 Å². The number of fused-ring (bicyclic) bond motifs is 6. The molecule has 0 aliphatic heterocycles. The average Bonchev–Trinajstić information content (AvgIpc) is 3.42. The Hall–Kier alpha value is -4.88. The second kappa shape index (κ2) is 7.81. The van der Waals surface area contributed by atoms with Crippen LogP contribution in [0.15, 0.2) is 138 Å². The van der Waals surface area contributed by atoms with Crippen molar-refractivity contribution in [2.24, 2.45) is 0 Å². The zero-order chi connectivity index (χ0) is 30.4. The first kappa shape index (κ1) is 14.6. The lowest BCUT2D eigenvalue weighted by Gasteiger charge is -2.18.